The first kappa shape index (κ1) is 16.4. The Morgan fingerprint density at radius 2 is 1.88 bits per heavy atom. The van der Waals surface area contributed by atoms with Crippen LogP contribution in [0.25, 0.3) is 0 Å². The number of carbonyl (C=O) groups is 1. The van der Waals surface area contributed by atoms with E-state index in [9.17, 15) is 4.79 Å². The standard InChI is InChI=1S/C14H28O2Si/c1-7-9-10-11-12(8-2)13(14(15)16-3)17(4,5)6/h11,13H,7-10H2,1-6H3/b12-11-. The number of ether oxygens (including phenoxy) is 1. The van der Waals surface area contributed by atoms with Gasteiger partial charge in [0.15, 0.2) is 0 Å². The molecule has 0 amide bonds. The summed E-state index contributed by atoms with van der Waals surface area (Å²) in [6.07, 6.45) is 6.70. The Morgan fingerprint density at radius 1 is 1.29 bits per heavy atom. The lowest BCUT2D eigenvalue weighted by Gasteiger charge is -2.28. The van der Waals surface area contributed by atoms with E-state index in [0.29, 0.717) is 0 Å². The second kappa shape index (κ2) is 7.70. The van der Waals surface area contributed by atoms with Gasteiger partial charge in [-0.15, -0.1) is 0 Å². The summed E-state index contributed by atoms with van der Waals surface area (Å²) < 4.78 is 4.98. The van der Waals surface area contributed by atoms with Gasteiger partial charge in [-0.2, -0.15) is 0 Å². The minimum atomic E-state index is -1.56. The highest BCUT2D eigenvalue weighted by molar-refractivity contribution is 6.81. The van der Waals surface area contributed by atoms with Crippen molar-refractivity contribution in [3.05, 3.63) is 11.6 Å². The Labute approximate surface area is 107 Å². The van der Waals surface area contributed by atoms with Gasteiger partial charge >= 0.3 is 5.97 Å². The highest BCUT2D eigenvalue weighted by Crippen LogP contribution is 2.33. The van der Waals surface area contributed by atoms with Gasteiger partial charge in [-0.05, 0) is 12.8 Å². The third kappa shape index (κ3) is 5.53. The smallest absolute Gasteiger partial charge is 0.309 e. The van der Waals surface area contributed by atoms with Crippen molar-refractivity contribution in [2.24, 2.45) is 0 Å². The molecule has 2 nitrogen and oxygen atoms in total. The summed E-state index contributed by atoms with van der Waals surface area (Å²) in [5.74, 6) is -0.0474. The summed E-state index contributed by atoms with van der Waals surface area (Å²) >= 11 is 0. The van der Waals surface area contributed by atoms with E-state index < -0.39 is 8.07 Å². The molecule has 1 atom stereocenters. The van der Waals surface area contributed by atoms with Crippen molar-refractivity contribution in [1.29, 1.82) is 0 Å². The zero-order valence-corrected chi connectivity index (χ0v) is 13.3. The molecule has 0 aromatic carbocycles. The van der Waals surface area contributed by atoms with Crippen LogP contribution in [0.4, 0.5) is 0 Å². The van der Waals surface area contributed by atoms with Crippen molar-refractivity contribution >= 4 is 14.0 Å². The molecule has 17 heavy (non-hydrogen) atoms. The lowest BCUT2D eigenvalue weighted by Crippen LogP contribution is -2.35. The van der Waals surface area contributed by atoms with Gasteiger partial charge in [0.1, 0.15) is 0 Å². The van der Waals surface area contributed by atoms with Gasteiger partial charge in [0.05, 0.1) is 20.7 Å². The van der Waals surface area contributed by atoms with Gasteiger partial charge in [0.2, 0.25) is 0 Å². The van der Waals surface area contributed by atoms with Gasteiger partial charge in [0.25, 0.3) is 0 Å². The third-order valence-electron chi connectivity index (χ3n) is 3.05. The number of methoxy groups -OCH3 is 1. The molecule has 0 saturated carbocycles. The Bertz CT molecular complexity index is 264. The van der Waals surface area contributed by atoms with E-state index in [1.807, 2.05) is 0 Å². The van der Waals surface area contributed by atoms with E-state index >= 15 is 0 Å². The topological polar surface area (TPSA) is 26.3 Å². The number of carbonyl (C=O) groups excluding carboxylic acids is 1. The summed E-state index contributed by atoms with van der Waals surface area (Å²) in [5, 5.41) is 0. The molecule has 0 saturated heterocycles. The number of unbranched alkanes of at least 4 members (excludes halogenated alkanes) is 2. The van der Waals surface area contributed by atoms with E-state index in [4.69, 9.17) is 4.74 Å². The Kier molecular flexibility index (Phi) is 7.44. The SMILES string of the molecule is CCCC/C=C(/CC)C(C(=O)OC)[Si](C)(C)C. The van der Waals surface area contributed by atoms with E-state index in [1.54, 1.807) is 0 Å². The number of hydrogen-bond donors (Lipinski definition) is 0. The van der Waals surface area contributed by atoms with Gasteiger partial charge in [-0.1, -0.05) is 58.0 Å². The van der Waals surface area contributed by atoms with E-state index in [2.05, 4.69) is 39.6 Å². The second-order valence-corrected chi connectivity index (χ2v) is 10.9. The maximum absolute atomic E-state index is 12.0. The lowest BCUT2D eigenvalue weighted by atomic mass is 10.1. The summed E-state index contributed by atoms with van der Waals surface area (Å²) in [4.78, 5) is 12.0. The number of allylic oxidation sites excluding steroid dienone is 1. The molecule has 0 aliphatic carbocycles. The largest absolute Gasteiger partial charge is 0.469 e. The van der Waals surface area contributed by atoms with Crippen molar-refractivity contribution in [3.8, 4) is 0 Å². The van der Waals surface area contributed by atoms with Gasteiger partial charge < -0.3 is 4.74 Å². The molecule has 0 aliphatic rings. The maximum atomic E-state index is 12.0. The van der Waals surface area contributed by atoms with E-state index in [-0.39, 0.29) is 11.5 Å². The fourth-order valence-electron chi connectivity index (χ4n) is 2.14. The molecule has 0 heterocycles. The monoisotopic (exact) mass is 256 g/mol. The first-order chi connectivity index (χ1) is 7.88. The normalized spacial score (nSPS) is 14.6. The van der Waals surface area contributed by atoms with E-state index in [0.717, 1.165) is 12.8 Å². The molecule has 0 N–H and O–H groups in total. The van der Waals surface area contributed by atoms with Crippen molar-refractivity contribution in [2.75, 3.05) is 7.11 Å². The van der Waals surface area contributed by atoms with Crippen LogP contribution in [0.15, 0.2) is 11.6 Å². The van der Waals surface area contributed by atoms with Crippen LogP contribution in [0.3, 0.4) is 0 Å². The second-order valence-electron chi connectivity index (χ2n) is 5.60. The molecular weight excluding hydrogens is 228 g/mol. The summed E-state index contributed by atoms with van der Waals surface area (Å²) in [7, 11) is -0.0629. The number of hydrogen-bond acceptors (Lipinski definition) is 2. The highest BCUT2D eigenvalue weighted by atomic mass is 28.3. The van der Waals surface area contributed by atoms with Gasteiger partial charge in [-0.25, -0.2) is 0 Å². The van der Waals surface area contributed by atoms with Crippen LogP contribution in [-0.2, 0) is 9.53 Å². The predicted octanol–water partition coefficient (Wildman–Crippen LogP) is 4.39. The highest BCUT2D eigenvalue weighted by Gasteiger charge is 2.35. The molecule has 0 radical (unpaired) electrons. The maximum Gasteiger partial charge on any atom is 0.309 e. The molecule has 0 bridgehead atoms. The summed E-state index contributed by atoms with van der Waals surface area (Å²) in [6.45, 7) is 11.0. The first-order valence-corrected chi connectivity index (χ1v) is 10.2. The first-order valence-electron chi connectivity index (χ1n) is 6.65. The molecule has 3 heteroatoms. The molecule has 0 aliphatic heterocycles. The fourth-order valence-corrected chi connectivity index (χ4v) is 4.40. The zero-order valence-electron chi connectivity index (χ0n) is 12.3. The van der Waals surface area contributed by atoms with Crippen LogP contribution in [0.5, 0.6) is 0 Å². The van der Waals surface area contributed by atoms with E-state index in [1.165, 1.54) is 25.5 Å². The fraction of sp³-hybridized carbons (Fsp3) is 0.786. The third-order valence-corrected chi connectivity index (χ3v) is 5.38. The summed E-state index contributed by atoms with van der Waals surface area (Å²) in [6, 6.07) is 0. The van der Waals surface area contributed by atoms with Crippen molar-refractivity contribution in [1.82, 2.24) is 0 Å². The molecule has 0 aromatic rings. The Morgan fingerprint density at radius 3 is 2.24 bits per heavy atom. The minimum Gasteiger partial charge on any atom is -0.469 e. The van der Waals surface area contributed by atoms with Crippen LogP contribution in [0.2, 0.25) is 25.2 Å². The predicted molar refractivity (Wildman–Crippen MR) is 77.0 cm³/mol. The summed E-state index contributed by atoms with van der Waals surface area (Å²) in [5.41, 5.74) is 1.30. The van der Waals surface area contributed by atoms with Gasteiger partial charge in [0, 0.05) is 0 Å². The average molecular weight is 256 g/mol. The van der Waals surface area contributed by atoms with Crippen LogP contribution in [0.1, 0.15) is 39.5 Å². The van der Waals surface area contributed by atoms with Crippen LogP contribution in [0, 0.1) is 0 Å². The van der Waals surface area contributed by atoms with Crippen LogP contribution >= 0.6 is 0 Å². The average Bonchev–Trinajstić information content (AvgIpc) is 2.25. The molecule has 1 unspecified atom stereocenters. The quantitative estimate of drug-likeness (QED) is 0.292. The molecule has 100 valence electrons. The molecule has 0 rings (SSSR count). The van der Waals surface area contributed by atoms with Crippen LogP contribution < -0.4 is 0 Å². The number of esters is 1. The van der Waals surface area contributed by atoms with Gasteiger partial charge in [-0.3, -0.25) is 4.79 Å². The lowest BCUT2D eigenvalue weighted by molar-refractivity contribution is -0.139. The van der Waals surface area contributed by atoms with Crippen LogP contribution in [-0.4, -0.2) is 21.2 Å². The Hall–Kier alpha value is -0.573. The van der Waals surface area contributed by atoms with Crippen molar-refractivity contribution < 1.29 is 9.53 Å². The molecule has 0 spiro atoms. The minimum absolute atomic E-state index is 0.0226. The molecule has 0 fully saturated rings. The number of rotatable bonds is 7. The molecule has 0 aromatic heterocycles. The van der Waals surface area contributed by atoms with Crippen molar-refractivity contribution in [3.63, 3.8) is 0 Å². The Balaban J connectivity index is 4.99. The zero-order chi connectivity index (χ0) is 13.5. The van der Waals surface area contributed by atoms with Crippen molar-refractivity contribution in [2.45, 2.75) is 64.7 Å². The molecular formula is C14H28O2Si.